The van der Waals surface area contributed by atoms with Crippen molar-refractivity contribution < 1.29 is 4.79 Å². The van der Waals surface area contributed by atoms with Gasteiger partial charge in [0, 0.05) is 19.2 Å². The van der Waals surface area contributed by atoms with Gasteiger partial charge in [0.05, 0.1) is 0 Å². The van der Waals surface area contributed by atoms with Crippen molar-refractivity contribution in [3.8, 4) is 0 Å². The predicted octanol–water partition coefficient (Wildman–Crippen LogP) is 4.00. The zero-order valence-electron chi connectivity index (χ0n) is 15.9. The summed E-state index contributed by atoms with van der Waals surface area (Å²) in [6.07, 6.45) is 3.51. The minimum absolute atomic E-state index is 0.0720. The fourth-order valence-corrected chi connectivity index (χ4v) is 2.79. The van der Waals surface area contributed by atoms with Crippen LogP contribution in [0.15, 0.2) is 42.5 Å². The molecule has 132 valence electrons. The maximum absolute atomic E-state index is 12.2. The highest BCUT2D eigenvalue weighted by atomic mass is 16.1. The van der Waals surface area contributed by atoms with Crippen molar-refractivity contribution in [2.75, 3.05) is 14.1 Å². The minimum atomic E-state index is -0.0720. The van der Waals surface area contributed by atoms with Gasteiger partial charge in [0.1, 0.15) is 0 Å². The van der Waals surface area contributed by atoms with Gasteiger partial charge >= 0.3 is 0 Å². The zero-order valence-corrected chi connectivity index (χ0v) is 15.9. The van der Waals surface area contributed by atoms with Gasteiger partial charge in [0.2, 0.25) is 5.91 Å². The van der Waals surface area contributed by atoms with Gasteiger partial charge in [-0.05, 0) is 74.3 Å². The van der Waals surface area contributed by atoms with Crippen LogP contribution in [0.2, 0.25) is 0 Å². The van der Waals surface area contributed by atoms with Gasteiger partial charge in [-0.1, -0.05) is 36.4 Å². The summed E-state index contributed by atoms with van der Waals surface area (Å²) in [6.45, 7) is 7.67. The second-order valence-electron chi connectivity index (χ2n) is 6.85. The van der Waals surface area contributed by atoms with Crippen LogP contribution in [0.5, 0.6) is 0 Å². The van der Waals surface area contributed by atoms with Crippen LogP contribution >= 0.6 is 0 Å². The van der Waals surface area contributed by atoms with Crippen LogP contribution < -0.4 is 5.32 Å². The second kappa shape index (κ2) is 8.63. The molecule has 0 unspecified atom stereocenters. The van der Waals surface area contributed by atoms with Crippen LogP contribution in [0, 0.1) is 20.8 Å². The number of hydrogen-bond donors (Lipinski definition) is 1. The molecule has 1 N–H and O–H groups in total. The average Bonchev–Trinajstić information content (AvgIpc) is 2.55. The van der Waals surface area contributed by atoms with E-state index in [0.29, 0.717) is 6.54 Å². The van der Waals surface area contributed by atoms with E-state index in [2.05, 4.69) is 55.3 Å². The highest BCUT2D eigenvalue weighted by Crippen LogP contribution is 2.16. The average molecular weight is 336 g/mol. The molecule has 3 nitrogen and oxygen atoms in total. The van der Waals surface area contributed by atoms with Gasteiger partial charge < -0.3 is 10.2 Å². The Labute approximate surface area is 151 Å². The molecule has 0 heterocycles. The molecule has 2 aromatic carbocycles. The van der Waals surface area contributed by atoms with E-state index in [4.69, 9.17) is 0 Å². The number of benzene rings is 2. The van der Waals surface area contributed by atoms with Crippen molar-refractivity contribution in [2.45, 2.75) is 33.9 Å². The number of aryl methyl sites for hydroxylation is 3. The second-order valence-corrected chi connectivity index (χ2v) is 6.85. The van der Waals surface area contributed by atoms with Crippen molar-refractivity contribution in [1.82, 2.24) is 10.2 Å². The summed E-state index contributed by atoms with van der Waals surface area (Å²) in [7, 11) is 4.09. The summed E-state index contributed by atoms with van der Waals surface area (Å²) in [5.41, 5.74) is 7.18. The quantitative estimate of drug-likeness (QED) is 0.809. The van der Waals surface area contributed by atoms with E-state index in [1.54, 1.807) is 6.08 Å². The lowest BCUT2D eigenvalue weighted by Crippen LogP contribution is -2.22. The van der Waals surface area contributed by atoms with Crippen LogP contribution in [-0.2, 0) is 17.9 Å². The maximum atomic E-state index is 12.2. The van der Waals surface area contributed by atoms with Crippen molar-refractivity contribution in [3.63, 3.8) is 0 Å². The zero-order chi connectivity index (χ0) is 18.4. The fourth-order valence-electron chi connectivity index (χ4n) is 2.79. The summed E-state index contributed by atoms with van der Waals surface area (Å²) in [5, 5.41) is 2.98. The first-order chi connectivity index (χ1) is 11.9. The molecular weight excluding hydrogens is 308 g/mol. The molecule has 0 atom stereocenters. The Balaban J connectivity index is 2.01. The molecule has 2 rings (SSSR count). The SMILES string of the molecule is Cc1cc(C)c(/C=C/C(=O)NCc2ccccc2CN(C)C)cc1C. The molecule has 25 heavy (non-hydrogen) atoms. The van der Waals surface area contributed by atoms with Crippen molar-refractivity contribution in [1.29, 1.82) is 0 Å². The van der Waals surface area contributed by atoms with E-state index in [1.807, 2.05) is 32.3 Å². The maximum Gasteiger partial charge on any atom is 0.244 e. The molecule has 0 saturated heterocycles. The molecule has 0 radical (unpaired) electrons. The lowest BCUT2D eigenvalue weighted by molar-refractivity contribution is -0.116. The smallest absolute Gasteiger partial charge is 0.244 e. The van der Waals surface area contributed by atoms with E-state index >= 15 is 0 Å². The van der Waals surface area contributed by atoms with E-state index < -0.39 is 0 Å². The van der Waals surface area contributed by atoms with Gasteiger partial charge in [-0.15, -0.1) is 0 Å². The Morgan fingerprint density at radius 2 is 1.64 bits per heavy atom. The summed E-state index contributed by atoms with van der Waals surface area (Å²) < 4.78 is 0. The molecule has 0 aliphatic rings. The molecular formula is C22H28N2O. The normalized spacial score (nSPS) is 11.3. The molecule has 0 fully saturated rings. The number of amides is 1. The first-order valence-corrected chi connectivity index (χ1v) is 8.62. The lowest BCUT2D eigenvalue weighted by Gasteiger charge is -2.14. The van der Waals surface area contributed by atoms with Gasteiger partial charge in [-0.2, -0.15) is 0 Å². The van der Waals surface area contributed by atoms with Crippen LogP contribution in [0.4, 0.5) is 0 Å². The van der Waals surface area contributed by atoms with E-state index in [1.165, 1.54) is 22.3 Å². The molecule has 3 heteroatoms. The van der Waals surface area contributed by atoms with Gasteiger partial charge in [-0.3, -0.25) is 4.79 Å². The third kappa shape index (κ3) is 5.57. The Bertz CT molecular complexity index is 776. The highest BCUT2D eigenvalue weighted by Gasteiger charge is 2.05. The van der Waals surface area contributed by atoms with Crippen molar-refractivity contribution >= 4 is 12.0 Å². The Kier molecular flexibility index (Phi) is 6.54. The predicted molar refractivity (Wildman–Crippen MR) is 105 cm³/mol. The summed E-state index contributed by atoms with van der Waals surface area (Å²) in [4.78, 5) is 14.3. The fraction of sp³-hybridized carbons (Fsp3) is 0.318. The van der Waals surface area contributed by atoms with E-state index in [-0.39, 0.29) is 5.91 Å². The summed E-state index contributed by atoms with van der Waals surface area (Å²) in [6, 6.07) is 12.5. The number of carbonyl (C=O) groups excluding carboxylic acids is 1. The Morgan fingerprint density at radius 3 is 2.32 bits per heavy atom. The van der Waals surface area contributed by atoms with Crippen LogP contribution in [0.3, 0.4) is 0 Å². The number of rotatable bonds is 6. The van der Waals surface area contributed by atoms with Gasteiger partial charge in [-0.25, -0.2) is 0 Å². The first kappa shape index (κ1) is 18.9. The Morgan fingerprint density at radius 1 is 1.00 bits per heavy atom. The summed E-state index contributed by atoms with van der Waals surface area (Å²) >= 11 is 0. The van der Waals surface area contributed by atoms with Crippen molar-refractivity contribution in [2.24, 2.45) is 0 Å². The molecule has 0 saturated carbocycles. The van der Waals surface area contributed by atoms with E-state index in [0.717, 1.165) is 17.7 Å². The highest BCUT2D eigenvalue weighted by molar-refractivity contribution is 5.91. The topological polar surface area (TPSA) is 32.3 Å². The Hall–Kier alpha value is -2.39. The van der Waals surface area contributed by atoms with E-state index in [9.17, 15) is 4.79 Å². The monoisotopic (exact) mass is 336 g/mol. The molecule has 0 bridgehead atoms. The largest absolute Gasteiger partial charge is 0.348 e. The standard InChI is InChI=1S/C22H28N2O/c1-16-12-18(3)19(13-17(16)2)10-11-22(25)23-14-20-8-6-7-9-21(20)15-24(4)5/h6-13H,14-15H2,1-5H3,(H,23,25)/b11-10+. The van der Waals surface area contributed by atoms with Crippen LogP contribution in [0.25, 0.3) is 6.08 Å². The molecule has 0 aliphatic carbocycles. The number of nitrogens with one attached hydrogen (secondary N) is 1. The van der Waals surface area contributed by atoms with Crippen LogP contribution in [-0.4, -0.2) is 24.9 Å². The number of hydrogen-bond acceptors (Lipinski definition) is 2. The molecule has 0 aliphatic heterocycles. The molecule has 1 amide bonds. The van der Waals surface area contributed by atoms with Crippen molar-refractivity contribution in [3.05, 3.63) is 75.9 Å². The molecule has 2 aromatic rings. The molecule has 0 aromatic heterocycles. The first-order valence-electron chi connectivity index (χ1n) is 8.62. The van der Waals surface area contributed by atoms with Gasteiger partial charge in [0.15, 0.2) is 0 Å². The van der Waals surface area contributed by atoms with Crippen LogP contribution in [0.1, 0.15) is 33.4 Å². The summed E-state index contributed by atoms with van der Waals surface area (Å²) in [5.74, 6) is -0.0720. The molecule has 0 spiro atoms. The third-order valence-electron chi connectivity index (χ3n) is 4.35. The number of carbonyl (C=O) groups is 1. The van der Waals surface area contributed by atoms with Gasteiger partial charge in [0.25, 0.3) is 0 Å². The minimum Gasteiger partial charge on any atom is -0.348 e. The number of nitrogens with zero attached hydrogens (tertiary/aromatic N) is 1. The lowest BCUT2D eigenvalue weighted by atomic mass is 10.0. The third-order valence-corrected chi connectivity index (χ3v) is 4.35.